The fraction of sp³-hybridized carbons (Fsp3) is 0.650. The molecule has 1 saturated heterocycles. The van der Waals surface area contributed by atoms with Crippen molar-refractivity contribution in [2.45, 2.75) is 45.1 Å². The normalized spacial score (nSPS) is 19.0. The van der Waals surface area contributed by atoms with Crippen LogP contribution in [0.5, 0.6) is 0 Å². The van der Waals surface area contributed by atoms with Crippen molar-refractivity contribution in [3.05, 3.63) is 35.9 Å². The van der Waals surface area contributed by atoms with E-state index >= 15 is 0 Å². The number of benzene rings is 1. The fourth-order valence-corrected chi connectivity index (χ4v) is 2.91. The molecule has 0 saturated carbocycles. The minimum Gasteiger partial charge on any atom is -0.379 e. The molecule has 0 radical (unpaired) electrons. The average Bonchev–Trinajstić information content (AvgIpc) is 3.16. The number of rotatable bonds is 10. The summed E-state index contributed by atoms with van der Waals surface area (Å²) in [6.07, 6.45) is 3.37. The maximum Gasteiger partial charge on any atom is 0.191 e. The van der Waals surface area contributed by atoms with Gasteiger partial charge in [-0.05, 0) is 31.7 Å². The van der Waals surface area contributed by atoms with Gasteiger partial charge in [0.25, 0.3) is 0 Å². The van der Waals surface area contributed by atoms with Crippen LogP contribution in [0.1, 0.15) is 44.6 Å². The summed E-state index contributed by atoms with van der Waals surface area (Å²) in [4.78, 5) is 4.77. The van der Waals surface area contributed by atoms with Gasteiger partial charge in [-0.25, -0.2) is 0 Å². The topological polar surface area (TPSA) is 54.9 Å². The zero-order valence-electron chi connectivity index (χ0n) is 15.7. The lowest BCUT2D eigenvalue weighted by Crippen LogP contribution is -2.38. The second-order valence-electron chi connectivity index (χ2n) is 6.37. The number of nitrogens with one attached hydrogen (secondary N) is 2. The summed E-state index contributed by atoms with van der Waals surface area (Å²) in [5.74, 6) is 1.35. The summed E-state index contributed by atoms with van der Waals surface area (Å²) in [5.41, 5.74) is 1.36. The summed E-state index contributed by atoms with van der Waals surface area (Å²) in [5, 5.41) is 6.73. The molecular formula is C20H33N3O2. The Balaban J connectivity index is 1.72. The van der Waals surface area contributed by atoms with Crippen molar-refractivity contribution in [1.82, 2.24) is 10.6 Å². The van der Waals surface area contributed by atoms with E-state index in [2.05, 4.69) is 54.8 Å². The molecule has 2 N–H and O–H groups in total. The summed E-state index contributed by atoms with van der Waals surface area (Å²) in [6, 6.07) is 10.6. The van der Waals surface area contributed by atoms with Crippen LogP contribution >= 0.6 is 0 Å². The van der Waals surface area contributed by atoms with Crippen LogP contribution in [-0.2, 0) is 9.47 Å². The van der Waals surface area contributed by atoms with Crippen molar-refractivity contribution >= 4 is 5.96 Å². The number of nitrogens with zero attached hydrogens (tertiary/aromatic N) is 1. The quantitative estimate of drug-likeness (QED) is 0.388. The zero-order valence-corrected chi connectivity index (χ0v) is 15.7. The first kappa shape index (κ1) is 19.7. The summed E-state index contributed by atoms with van der Waals surface area (Å²) in [6.45, 7) is 9.18. The Kier molecular flexibility index (Phi) is 9.37. The van der Waals surface area contributed by atoms with E-state index in [4.69, 9.17) is 14.5 Å². The van der Waals surface area contributed by atoms with E-state index in [9.17, 15) is 0 Å². The third-order valence-corrected chi connectivity index (χ3v) is 4.43. The van der Waals surface area contributed by atoms with Gasteiger partial charge in [-0.3, -0.25) is 4.99 Å². The molecule has 5 nitrogen and oxygen atoms in total. The highest BCUT2D eigenvalue weighted by atomic mass is 16.5. The highest BCUT2D eigenvalue weighted by molar-refractivity contribution is 5.79. The molecule has 0 bridgehead atoms. The van der Waals surface area contributed by atoms with Crippen molar-refractivity contribution in [2.24, 2.45) is 4.99 Å². The molecule has 1 aromatic rings. The Labute approximate surface area is 152 Å². The van der Waals surface area contributed by atoms with Gasteiger partial charge in [0.05, 0.1) is 12.7 Å². The van der Waals surface area contributed by atoms with Crippen LogP contribution in [0, 0.1) is 0 Å². The highest BCUT2D eigenvalue weighted by Crippen LogP contribution is 2.19. The second-order valence-corrected chi connectivity index (χ2v) is 6.37. The number of aliphatic imine (C=N–C) groups is 1. The second kappa shape index (κ2) is 11.9. The lowest BCUT2D eigenvalue weighted by Gasteiger charge is -2.16. The highest BCUT2D eigenvalue weighted by Gasteiger charge is 2.15. The van der Waals surface area contributed by atoms with E-state index in [1.165, 1.54) is 5.56 Å². The van der Waals surface area contributed by atoms with Gasteiger partial charge in [-0.2, -0.15) is 0 Å². The predicted octanol–water partition coefficient (Wildman–Crippen LogP) is 2.93. The third-order valence-electron chi connectivity index (χ3n) is 4.43. The molecule has 1 aliphatic heterocycles. The molecule has 2 rings (SSSR count). The van der Waals surface area contributed by atoms with Gasteiger partial charge in [0.15, 0.2) is 5.96 Å². The summed E-state index contributed by atoms with van der Waals surface area (Å²) < 4.78 is 11.1. The van der Waals surface area contributed by atoms with Gasteiger partial charge >= 0.3 is 0 Å². The minimum atomic E-state index is 0.290. The van der Waals surface area contributed by atoms with Crippen molar-refractivity contribution in [3.8, 4) is 0 Å². The Morgan fingerprint density at radius 2 is 2.12 bits per heavy atom. The predicted molar refractivity (Wildman–Crippen MR) is 103 cm³/mol. The molecule has 0 aliphatic carbocycles. The Morgan fingerprint density at radius 3 is 2.80 bits per heavy atom. The average molecular weight is 348 g/mol. The van der Waals surface area contributed by atoms with Crippen molar-refractivity contribution < 1.29 is 9.47 Å². The first-order valence-electron chi connectivity index (χ1n) is 9.60. The maximum absolute atomic E-state index is 5.79. The fourth-order valence-electron chi connectivity index (χ4n) is 2.91. The molecule has 0 amide bonds. The standard InChI is InChI=1S/C20H33N3O2/c1-3-17(18-9-6-5-7-10-18)15-23-20(21-4-2)22-12-8-13-25-19-11-14-24-16-19/h5-7,9-10,17,19H,3-4,8,11-16H2,1-2H3,(H2,21,22,23). The molecular weight excluding hydrogens is 314 g/mol. The van der Waals surface area contributed by atoms with E-state index < -0.39 is 0 Å². The van der Waals surface area contributed by atoms with E-state index in [0.29, 0.717) is 5.92 Å². The van der Waals surface area contributed by atoms with Crippen LogP contribution in [-0.4, -0.2) is 51.5 Å². The molecule has 0 spiro atoms. The maximum atomic E-state index is 5.79. The molecule has 140 valence electrons. The molecule has 1 aromatic carbocycles. The van der Waals surface area contributed by atoms with Crippen LogP contribution in [0.2, 0.25) is 0 Å². The van der Waals surface area contributed by atoms with Crippen LogP contribution < -0.4 is 10.6 Å². The summed E-state index contributed by atoms with van der Waals surface area (Å²) in [7, 11) is 0. The first-order chi connectivity index (χ1) is 12.3. The molecule has 25 heavy (non-hydrogen) atoms. The van der Waals surface area contributed by atoms with Crippen molar-refractivity contribution in [1.29, 1.82) is 0 Å². The first-order valence-corrected chi connectivity index (χ1v) is 9.60. The van der Waals surface area contributed by atoms with Crippen LogP contribution in [0.4, 0.5) is 0 Å². The summed E-state index contributed by atoms with van der Waals surface area (Å²) >= 11 is 0. The van der Waals surface area contributed by atoms with Gasteiger partial charge in [0, 0.05) is 38.8 Å². The number of hydrogen-bond acceptors (Lipinski definition) is 3. The number of ether oxygens (including phenoxy) is 2. The molecule has 2 unspecified atom stereocenters. The zero-order chi connectivity index (χ0) is 17.7. The Bertz CT molecular complexity index is 487. The molecule has 1 fully saturated rings. The van der Waals surface area contributed by atoms with E-state index in [1.54, 1.807) is 0 Å². The lowest BCUT2D eigenvalue weighted by molar-refractivity contribution is 0.0420. The van der Waals surface area contributed by atoms with Gasteiger partial charge in [-0.15, -0.1) is 0 Å². The van der Waals surface area contributed by atoms with Gasteiger partial charge < -0.3 is 20.1 Å². The van der Waals surface area contributed by atoms with Crippen molar-refractivity contribution in [2.75, 3.05) is 39.5 Å². The van der Waals surface area contributed by atoms with E-state index in [-0.39, 0.29) is 6.10 Å². The SMILES string of the molecule is CCNC(=NCC(CC)c1ccccc1)NCCCOC1CCOC1. The number of hydrogen-bond donors (Lipinski definition) is 2. The van der Waals surface area contributed by atoms with Crippen LogP contribution in [0.3, 0.4) is 0 Å². The third kappa shape index (κ3) is 7.45. The van der Waals surface area contributed by atoms with Gasteiger partial charge in [-0.1, -0.05) is 37.3 Å². The Hall–Kier alpha value is -1.59. The minimum absolute atomic E-state index is 0.290. The van der Waals surface area contributed by atoms with Gasteiger partial charge in [0.2, 0.25) is 0 Å². The largest absolute Gasteiger partial charge is 0.379 e. The number of guanidine groups is 1. The van der Waals surface area contributed by atoms with Gasteiger partial charge in [0.1, 0.15) is 0 Å². The Morgan fingerprint density at radius 1 is 1.28 bits per heavy atom. The monoisotopic (exact) mass is 347 g/mol. The van der Waals surface area contributed by atoms with Crippen molar-refractivity contribution in [3.63, 3.8) is 0 Å². The smallest absolute Gasteiger partial charge is 0.191 e. The van der Waals surface area contributed by atoms with Crippen LogP contribution in [0.15, 0.2) is 35.3 Å². The molecule has 1 heterocycles. The van der Waals surface area contributed by atoms with E-state index in [1.807, 2.05) is 0 Å². The van der Waals surface area contributed by atoms with E-state index in [0.717, 1.165) is 64.7 Å². The lowest BCUT2D eigenvalue weighted by atomic mass is 9.97. The molecule has 5 heteroatoms. The molecule has 0 aromatic heterocycles. The van der Waals surface area contributed by atoms with Crippen LogP contribution in [0.25, 0.3) is 0 Å². The molecule has 1 aliphatic rings. The molecule has 2 atom stereocenters.